The maximum absolute atomic E-state index is 5.75. The summed E-state index contributed by atoms with van der Waals surface area (Å²) in [6.45, 7) is 0. The minimum atomic E-state index is 0.353. The van der Waals surface area contributed by atoms with E-state index in [9.17, 15) is 0 Å². The molecule has 0 atom stereocenters. The Morgan fingerprint density at radius 1 is 1.31 bits per heavy atom. The molecule has 0 bridgehead atoms. The Labute approximate surface area is 90.4 Å². The first-order chi connectivity index (χ1) is 6.11. The van der Waals surface area contributed by atoms with E-state index < -0.39 is 0 Å². The van der Waals surface area contributed by atoms with Crippen LogP contribution in [-0.4, -0.2) is 14.6 Å². The van der Waals surface area contributed by atoms with Gasteiger partial charge in [0.1, 0.15) is 16.1 Å². The van der Waals surface area contributed by atoms with Crippen LogP contribution < -0.4 is 11.5 Å². The van der Waals surface area contributed by atoms with Gasteiger partial charge >= 0.3 is 0 Å². The molecule has 0 aromatic carbocycles. The summed E-state index contributed by atoms with van der Waals surface area (Å²) in [6, 6.07) is 0. The van der Waals surface area contributed by atoms with E-state index in [4.69, 9.17) is 11.5 Å². The van der Waals surface area contributed by atoms with Gasteiger partial charge in [-0.3, -0.25) is 0 Å². The summed E-state index contributed by atoms with van der Waals surface area (Å²) in [7, 11) is 0. The molecule has 0 saturated heterocycles. The summed E-state index contributed by atoms with van der Waals surface area (Å²) >= 11 is 6.51. The van der Waals surface area contributed by atoms with E-state index in [1.165, 1.54) is 4.52 Å². The summed E-state index contributed by atoms with van der Waals surface area (Å²) in [4.78, 5) is 4.10. The Bertz CT molecular complexity index is 477. The van der Waals surface area contributed by atoms with Crippen molar-refractivity contribution in [3.8, 4) is 0 Å². The highest BCUT2D eigenvalue weighted by Gasteiger charge is 2.11. The third-order valence-corrected chi connectivity index (χ3v) is 2.98. The number of hydrogen-bond donors (Lipinski definition) is 2. The van der Waals surface area contributed by atoms with Crippen molar-refractivity contribution in [2.24, 2.45) is 0 Å². The lowest BCUT2D eigenvalue weighted by atomic mass is 10.5. The van der Waals surface area contributed by atoms with Gasteiger partial charge in [0.15, 0.2) is 5.65 Å². The molecule has 4 N–H and O–H groups in total. The van der Waals surface area contributed by atoms with Crippen LogP contribution >= 0.6 is 31.9 Å². The normalized spacial score (nSPS) is 10.9. The minimum absolute atomic E-state index is 0.353. The third kappa shape index (κ3) is 1.19. The van der Waals surface area contributed by atoms with E-state index in [1.807, 2.05) is 0 Å². The first kappa shape index (κ1) is 8.76. The molecule has 0 saturated carbocycles. The maximum atomic E-state index is 5.75. The van der Waals surface area contributed by atoms with Gasteiger partial charge in [0.2, 0.25) is 0 Å². The topological polar surface area (TPSA) is 82.2 Å². The fourth-order valence-electron chi connectivity index (χ4n) is 0.986. The van der Waals surface area contributed by atoms with Gasteiger partial charge in [-0.15, -0.1) is 0 Å². The number of hydrogen-bond acceptors (Lipinski definition) is 4. The van der Waals surface area contributed by atoms with E-state index in [1.54, 1.807) is 6.20 Å². The zero-order valence-electron chi connectivity index (χ0n) is 6.33. The molecule has 2 heterocycles. The van der Waals surface area contributed by atoms with E-state index in [0.717, 1.165) is 4.47 Å². The molecule has 0 aliphatic rings. The SMILES string of the molecule is Nc1nc2c(Br)cnn2c(N)c1Br. The molecule has 5 nitrogen and oxygen atoms in total. The van der Waals surface area contributed by atoms with Crippen molar-refractivity contribution in [3.05, 3.63) is 15.1 Å². The van der Waals surface area contributed by atoms with Crippen molar-refractivity contribution in [2.75, 3.05) is 11.5 Å². The van der Waals surface area contributed by atoms with Gasteiger partial charge in [-0.1, -0.05) is 0 Å². The first-order valence-corrected chi connectivity index (χ1v) is 4.93. The summed E-state index contributed by atoms with van der Waals surface area (Å²) in [5, 5.41) is 4.02. The average molecular weight is 307 g/mol. The largest absolute Gasteiger partial charge is 0.383 e. The fraction of sp³-hybridized carbons (Fsp3) is 0. The van der Waals surface area contributed by atoms with Crippen LogP contribution in [0.5, 0.6) is 0 Å². The predicted octanol–water partition coefficient (Wildman–Crippen LogP) is 1.42. The molecule has 68 valence electrons. The highest BCUT2D eigenvalue weighted by Crippen LogP contribution is 2.27. The van der Waals surface area contributed by atoms with E-state index in [2.05, 4.69) is 41.9 Å². The molecule has 0 radical (unpaired) electrons. The van der Waals surface area contributed by atoms with Crippen LogP contribution in [0.15, 0.2) is 15.1 Å². The monoisotopic (exact) mass is 305 g/mol. The van der Waals surface area contributed by atoms with Crippen molar-refractivity contribution >= 4 is 49.1 Å². The molecular weight excluding hydrogens is 302 g/mol. The first-order valence-electron chi connectivity index (χ1n) is 3.35. The maximum Gasteiger partial charge on any atom is 0.173 e. The zero-order chi connectivity index (χ0) is 9.59. The minimum Gasteiger partial charge on any atom is -0.383 e. The summed E-state index contributed by atoms with van der Waals surface area (Å²) in [5.74, 6) is 0.791. The lowest BCUT2D eigenvalue weighted by Gasteiger charge is -2.03. The van der Waals surface area contributed by atoms with Crippen molar-refractivity contribution in [2.45, 2.75) is 0 Å². The second kappa shape index (κ2) is 2.85. The number of halogens is 2. The molecule has 0 spiro atoms. The number of nitrogens with zero attached hydrogens (tertiary/aromatic N) is 3. The molecule has 2 aromatic rings. The average Bonchev–Trinajstić information content (AvgIpc) is 2.45. The smallest absolute Gasteiger partial charge is 0.173 e. The third-order valence-electron chi connectivity index (χ3n) is 1.61. The van der Waals surface area contributed by atoms with Crippen molar-refractivity contribution in [1.82, 2.24) is 14.6 Å². The van der Waals surface area contributed by atoms with E-state index >= 15 is 0 Å². The molecule has 0 aliphatic heterocycles. The highest BCUT2D eigenvalue weighted by atomic mass is 79.9. The quantitative estimate of drug-likeness (QED) is 0.771. The Kier molecular flexibility index (Phi) is 1.92. The van der Waals surface area contributed by atoms with Crippen LogP contribution in [0.2, 0.25) is 0 Å². The van der Waals surface area contributed by atoms with Crippen LogP contribution in [0.4, 0.5) is 11.6 Å². The van der Waals surface area contributed by atoms with Gasteiger partial charge in [0, 0.05) is 0 Å². The highest BCUT2D eigenvalue weighted by molar-refractivity contribution is 9.11. The van der Waals surface area contributed by atoms with Crippen LogP contribution in [0, 0.1) is 0 Å². The standard InChI is InChI=1S/C6H5Br2N5/c7-2-1-11-13-5(10)3(8)4(9)12-6(2)13/h1H,10H2,(H2,9,12). The van der Waals surface area contributed by atoms with Crippen LogP contribution in [-0.2, 0) is 0 Å². The van der Waals surface area contributed by atoms with Crippen molar-refractivity contribution in [1.29, 1.82) is 0 Å². The summed E-state index contributed by atoms with van der Waals surface area (Å²) < 4.78 is 2.83. The van der Waals surface area contributed by atoms with Gasteiger partial charge in [-0.25, -0.2) is 4.98 Å². The van der Waals surface area contributed by atoms with E-state index in [0.29, 0.717) is 21.8 Å². The van der Waals surface area contributed by atoms with Gasteiger partial charge < -0.3 is 11.5 Å². The lowest BCUT2D eigenvalue weighted by molar-refractivity contribution is 0.949. The number of nitrogens with two attached hydrogens (primary N) is 2. The van der Waals surface area contributed by atoms with Crippen molar-refractivity contribution in [3.63, 3.8) is 0 Å². The molecule has 0 unspecified atom stereocenters. The van der Waals surface area contributed by atoms with Crippen molar-refractivity contribution < 1.29 is 0 Å². The number of rotatable bonds is 0. The van der Waals surface area contributed by atoms with Crippen LogP contribution in [0.1, 0.15) is 0 Å². The Morgan fingerprint density at radius 2 is 2.00 bits per heavy atom. The summed E-state index contributed by atoms with van der Waals surface area (Å²) in [5.41, 5.74) is 12.0. The molecule has 0 aliphatic carbocycles. The van der Waals surface area contributed by atoms with Gasteiger partial charge in [0.05, 0.1) is 10.7 Å². The Balaban J connectivity index is 2.96. The van der Waals surface area contributed by atoms with Gasteiger partial charge in [-0.2, -0.15) is 9.61 Å². The molecular formula is C6H5Br2N5. The number of aromatic nitrogens is 3. The molecule has 13 heavy (non-hydrogen) atoms. The van der Waals surface area contributed by atoms with Crippen LogP contribution in [0.25, 0.3) is 5.65 Å². The van der Waals surface area contributed by atoms with Gasteiger partial charge in [0.25, 0.3) is 0 Å². The molecule has 2 aromatic heterocycles. The Hall–Kier alpha value is -0.820. The van der Waals surface area contributed by atoms with Crippen LogP contribution in [0.3, 0.4) is 0 Å². The summed E-state index contributed by atoms with van der Waals surface area (Å²) in [6.07, 6.45) is 1.62. The second-order valence-electron chi connectivity index (χ2n) is 2.42. The number of fused-ring (bicyclic) bond motifs is 1. The second-order valence-corrected chi connectivity index (χ2v) is 4.07. The Morgan fingerprint density at radius 3 is 2.69 bits per heavy atom. The molecule has 7 heteroatoms. The predicted molar refractivity (Wildman–Crippen MR) is 57.2 cm³/mol. The van der Waals surface area contributed by atoms with Gasteiger partial charge in [-0.05, 0) is 31.9 Å². The number of nitrogen functional groups attached to an aromatic ring is 2. The molecule has 0 amide bonds. The number of anilines is 2. The van der Waals surface area contributed by atoms with E-state index in [-0.39, 0.29) is 0 Å². The fourth-order valence-corrected chi connectivity index (χ4v) is 1.59. The molecule has 0 fully saturated rings. The lowest BCUT2D eigenvalue weighted by Crippen LogP contribution is -2.04. The molecule has 2 rings (SSSR count). The zero-order valence-corrected chi connectivity index (χ0v) is 9.50.